The third-order valence-electron chi connectivity index (χ3n) is 4.84. The Morgan fingerprint density at radius 3 is 2.21 bits per heavy atom. The van der Waals surface area contributed by atoms with Crippen molar-refractivity contribution in [3.05, 3.63) is 59.7 Å². The molecule has 0 aliphatic heterocycles. The molecule has 33 heavy (non-hydrogen) atoms. The second-order valence-corrected chi connectivity index (χ2v) is 7.60. The molecule has 0 aliphatic rings. The first-order chi connectivity index (χ1) is 16.0. The summed E-state index contributed by atoms with van der Waals surface area (Å²) in [5, 5.41) is 8.59. The number of hydrogen-bond acceptors (Lipinski definition) is 5. The molecule has 8 nitrogen and oxygen atoms in total. The number of methoxy groups -OCH3 is 1. The van der Waals surface area contributed by atoms with Crippen LogP contribution in [-0.4, -0.2) is 62.5 Å². The van der Waals surface area contributed by atoms with Crippen molar-refractivity contribution in [3.63, 3.8) is 0 Å². The van der Waals surface area contributed by atoms with E-state index in [2.05, 4.69) is 29.8 Å². The Bertz CT molecular complexity index is 926. The summed E-state index contributed by atoms with van der Waals surface area (Å²) >= 11 is 0. The maximum absolute atomic E-state index is 12.8. The summed E-state index contributed by atoms with van der Waals surface area (Å²) < 4.78 is 4.92. The number of nitrogens with one attached hydrogen (secondary N) is 3. The van der Waals surface area contributed by atoms with E-state index in [1.54, 1.807) is 49.6 Å². The topological polar surface area (TPSA) is 99.8 Å². The van der Waals surface area contributed by atoms with Crippen LogP contribution in [0.15, 0.2) is 48.5 Å². The zero-order valence-corrected chi connectivity index (χ0v) is 19.6. The van der Waals surface area contributed by atoms with Crippen LogP contribution in [0.2, 0.25) is 0 Å². The molecule has 2 aromatic rings. The number of carbonyl (C=O) groups excluding carboxylic acids is 3. The highest BCUT2D eigenvalue weighted by molar-refractivity contribution is 5.98. The van der Waals surface area contributed by atoms with Crippen LogP contribution in [0.25, 0.3) is 0 Å². The Morgan fingerprint density at radius 1 is 0.909 bits per heavy atom. The quantitative estimate of drug-likeness (QED) is 0.403. The van der Waals surface area contributed by atoms with Crippen LogP contribution >= 0.6 is 0 Å². The van der Waals surface area contributed by atoms with Gasteiger partial charge in [-0.25, -0.2) is 0 Å². The lowest BCUT2D eigenvalue weighted by Crippen LogP contribution is -2.32. The third kappa shape index (κ3) is 8.57. The van der Waals surface area contributed by atoms with Gasteiger partial charge in [-0.15, -0.1) is 0 Å². The summed E-state index contributed by atoms with van der Waals surface area (Å²) in [4.78, 5) is 39.2. The molecule has 0 radical (unpaired) electrons. The van der Waals surface area contributed by atoms with Crippen molar-refractivity contribution >= 4 is 29.1 Å². The molecule has 0 atom stereocenters. The molecule has 0 spiro atoms. The SMILES string of the molecule is CCCN(CCC)C(=O)c1cccc(NCC(=O)Nc2cccc(C(=O)NCCOC)c2)c1. The molecule has 0 heterocycles. The zero-order valence-electron chi connectivity index (χ0n) is 19.6. The van der Waals surface area contributed by atoms with Gasteiger partial charge in [0.1, 0.15) is 0 Å². The van der Waals surface area contributed by atoms with Crippen molar-refractivity contribution in [1.29, 1.82) is 0 Å². The summed E-state index contributed by atoms with van der Waals surface area (Å²) in [5.74, 6) is -0.502. The van der Waals surface area contributed by atoms with E-state index in [9.17, 15) is 14.4 Å². The van der Waals surface area contributed by atoms with E-state index in [4.69, 9.17) is 4.74 Å². The average molecular weight is 455 g/mol. The largest absolute Gasteiger partial charge is 0.383 e. The number of hydrogen-bond donors (Lipinski definition) is 3. The number of carbonyl (C=O) groups is 3. The number of amides is 3. The van der Waals surface area contributed by atoms with Crippen LogP contribution in [0.1, 0.15) is 47.4 Å². The van der Waals surface area contributed by atoms with Gasteiger partial charge in [0.15, 0.2) is 0 Å². The lowest BCUT2D eigenvalue weighted by Gasteiger charge is -2.21. The van der Waals surface area contributed by atoms with Crippen LogP contribution < -0.4 is 16.0 Å². The van der Waals surface area contributed by atoms with Gasteiger partial charge in [0.2, 0.25) is 5.91 Å². The third-order valence-corrected chi connectivity index (χ3v) is 4.84. The molecule has 0 saturated heterocycles. The van der Waals surface area contributed by atoms with Gasteiger partial charge >= 0.3 is 0 Å². The molecule has 0 saturated carbocycles. The minimum Gasteiger partial charge on any atom is -0.383 e. The fourth-order valence-corrected chi connectivity index (χ4v) is 3.29. The lowest BCUT2D eigenvalue weighted by molar-refractivity contribution is -0.114. The summed E-state index contributed by atoms with van der Waals surface area (Å²) in [7, 11) is 1.57. The van der Waals surface area contributed by atoms with Crippen molar-refractivity contribution in [3.8, 4) is 0 Å². The Hall–Kier alpha value is -3.39. The molecule has 0 unspecified atom stereocenters. The number of nitrogens with zero attached hydrogens (tertiary/aromatic N) is 1. The first kappa shape index (κ1) is 25.9. The normalized spacial score (nSPS) is 10.4. The molecular weight excluding hydrogens is 420 g/mol. The molecule has 0 aromatic heterocycles. The van der Waals surface area contributed by atoms with E-state index in [0.29, 0.717) is 35.7 Å². The molecule has 0 fully saturated rings. The van der Waals surface area contributed by atoms with Crippen LogP contribution in [0.5, 0.6) is 0 Å². The van der Waals surface area contributed by atoms with Crippen LogP contribution in [0.4, 0.5) is 11.4 Å². The molecule has 0 bridgehead atoms. The summed E-state index contributed by atoms with van der Waals surface area (Å²) in [6.45, 7) is 6.40. The average Bonchev–Trinajstić information content (AvgIpc) is 2.82. The standard InChI is InChI=1S/C25H34N4O4/c1-4-13-29(14-5-2)25(32)20-9-7-10-21(17-20)27-18-23(30)28-22-11-6-8-19(16-22)24(31)26-12-15-33-3/h6-11,16-17,27H,4-5,12-15,18H2,1-3H3,(H,26,31)(H,28,30). The highest BCUT2D eigenvalue weighted by Crippen LogP contribution is 2.14. The first-order valence-corrected chi connectivity index (χ1v) is 11.3. The second kappa shape index (κ2) is 13.9. The Kier molecular flexibility index (Phi) is 10.9. The van der Waals surface area contributed by atoms with Crippen molar-refractivity contribution < 1.29 is 19.1 Å². The Morgan fingerprint density at radius 2 is 1.55 bits per heavy atom. The van der Waals surface area contributed by atoms with E-state index in [-0.39, 0.29) is 24.3 Å². The van der Waals surface area contributed by atoms with E-state index in [1.807, 2.05) is 11.0 Å². The van der Waals surface area contributed by atoms with E-state index >= 15 is 0 Å². The summed E-state index contributed by atoms with van der Waals surface area (Å²) in [5.41, 5.74) is 2.26. The Balaban J connectivity index is 1.93. The summed E-state index contributed by atoms with van der Waals surface area (Å²) in [6, 6.07) is 13.9. The number of rotatable bonds is 13. The maximum Gasteiger partial charge on any atom is 0.253 e. The molecule has 178 valence electrons. The smallest absolute Gasteiger partial charge is 0.253 e. The Labute approximate surface area is 195 Å². The fraction of sp³-hybridized carbons (Fsp3) is 0.400. The summed E-state index contributed by atoms with van der Waals surface area (Å²) in [6.07, 6.45) is 1.81. The maximum atomic E-state index is 12.8. The molecule has 8 heteroatoms. The van der Waals surface area contributed by atoms with Crippen LogP contribution in [0, 0.1) is 0 Å². The van der Waals surface area contributed by atoms with Crippen molar-refractivity contribution in [2.24, 2.45) is 0 Å². The number of anilines is 2. The van der Waals surface area contributed by atoms with Gasteiger partial charge in [-0.1, -0.05) is 26.0 Å². The molecule has 2 aromatic carbocycles. The van der Waals surface area contributed by atoms with Crippen molar-refractivity contribution in [2.45, 2.75) is 26.7 Å². The van der Waals surface area contributed by atoms with Gasteiger partial charge in [0, 0.05) is 49.2 Å². The van der Waals surface area contributed by atoms with Crippen LogP contribution in [0.3, 0.4) is 0 Å². The predicted molar refractivity (Wildman–Crippen MR) is 131 cm³/mol. The number of ether oxygens (including phenoxy) is 1. The zero-order chi connectivity index (χ0) is 24.1. The molecule has 3 amide bonds. The van der Waals surface area contributed by atoms with E-state index in [0.717, 1.165) is 25.9 Å². The number of benzene rings is 2. The highest BCUT2D eigenvalue weighted by Gasteiger charge is 2.15. The molecular formula is C25H34N4O4. The second-order valence-electron chi connectivity index (χ2n) is 7.60. The predicted octanol–water partition coefficient (Wildman–Crippen LogP) is 3.38. The van der Waals surface area contributed by atoms with Gasteiger partial charge in [0.05, 0.1) is 13.2 Å². The molecule has 0 aliphatic carbocycles. The fourth-order valence-electron chi connectivity index (χ4n) is 3.29. The first-order valence-electron chi connectivity index (χ1n) is 11.3. The van der Waals surface area contributed by atoms with Gasteiger partial charge in [0.25, 0.3) is 11.8 Å². The van der Waals surface area contributed by atoms with E-state index in [1.165, 1.54) is 0 Å². The monoisotopic (exact) mass is 454 g/mol. The molecule has 3 N–H and O–H groups in total. The lowest BCUT2D eigenvalue weighted by atomic mass is 10.1. The van der Waals surface area contributed by atoms with Crippen LogP contribution in [-0.2, 0) is 9.53 Å². The highest BCUT2D eigenvalue weighted by atomic mass is 16.5. The minimum atomic E-state index is -0.262. The van der Waals surface area contributed by atoms with Crippen molar-refractivity contribution in [1.82, 2.24) is 10.2 Å². The van der Waals surface area contributed by atoms with E-state index < -0.39 is 0 Å². The van der Waals surface area contributed by atoms with Gasteiger partial charge < -0.3 is 25.6 Å². The van der Waals surface area contributed by atoms with Gasteiger partial charge in [-0.2, -0.15) is 0 Å². The minimum absolute atomic E-state index is 0.00704. The van der Waals surface area contributed by atoms with Gasteiger partial charge in [-0.3, -0.25) is 14.4 Å². The van der Waals surface area contributed by atoms with Crippen molar-refractivity contribution in [2.75, 3.05) is 50.5 Å². The molecule has 2 rings (SSSR count). The van der Waals surface area contributed by atoms with Gasteiger partial charge in [-0.05, 0) is 49.2 Å².